The molecule has 0 aromatic rings. The van der Waals surface area contributed by atoms with Crippen molar-refractivity contribution in [2.75, 3.05) is 6.54 Å². The summed E-state index contributed by atoms with van der Waals surface area (Å²) in [6.07, 6.45) is 5.73. The van der Waals surface area contributed by atoms with Gasteiger partial charge in [0.25, 0.3) is 0 Å². The highest BCUT2D eigenvalue weighted by molar-refractivity contribution is 4.72. The van der Waals surface area contributed by atoms with Crippen LogP contribution in [0.15, 0.2) is 0 Å². The molecule has 2 N–H and O–H groups in total. The Kier molecular flexibility index (Phi) is 2.94. The zero-order valence-corrected chi connectivity index (χ0v) is 8.19. The van der Waals surface area contributed by atoms with Gasteiger partial charge >= 0.3 is 0 Å². The predicted molar refractivity (Wildman–Crippen MR) is 48.5 cm³/mol. The molecular weight excluding hydrogens is 134 g/mol. The smallest absolute Gasteiger partial charge is 0.0907 e. The molecule has 1 aliphatic heterocycles. The molecule has 0 unspecified atom stereocenters. The maximum Gasteiger partial charge on any atom is 0.0907 e. The summed E-state index contributed by atoms with van der Waals surface area (Å²) < 4.78 is 0. The van der Waals surface area contributed by atoms with Gasteiger partial charge in [-0.25, -0.2) is 0 Å². The molecule has 1 saturated heterocycles. The molecule has 1 nitrogen and oxygen atoms in total. The van der Waals surface area contributed by atoms with Crippen LogP contribution in [0.5, 0.6) is 0 Å². The van der Waals surface area contributed by atoms with Crippen LogP contribution in [0.3, 0.4) is 0 Å². The second-order valence-corrected chi connectivity index (χ2v) is 4.85. The third-order valence-corrected chi connectivity index (χ3v) is 2.78. The highest BCUT2D eigenvalue weighted by Gasteiger charge is 2.27. The van der Waals surface area contributed by atoms with Crippen LogP contribution < -0.4 is 5.32 Å². The van der Waals surface area contributed by atoms with Crippen LogP contribution in [-0.2, 0) is 0 Å². The number of quaternary nitrogens is 1. The number of nitrogens with two attached hydrogens (primary N) is 1. The van der Waals surface area contributed by atoms with Crippen molar-refractivity contribution < 1.29 is 5.32 Å². The van der Waals surface area contributed by atoms with Gasteiger partial charge in [0.15, 0.2) is 0 Å². The lowest BCUT2D eigenvalue weighted by molar-refractivity contribution is -0.699. The molecule has 0 saturated carbocycles. The monoisotopic (exact) mass is 156 g/mol. The van der Waals surface area contributed by atoms with Gasteiger partial charge in [-0.2, -0.15) is 0 Å². The van der Waals surface area contributed by atoms with Gasteiger partial charge in [0.05, 0.1) is 12.6 Å². The fourth-order valence-corrected chi connectivity index (χ4v) is 1.91. The third-order valence-electron chi connectivity index (χ3n) is 2.78. The minimum Gasteiger partial charge on any atom is -0.343 e. The van der Waals surface area contributed by atoms with Crippen molar-refractivity contribution in [3.63, 3.8) is 0 Å². The fraction of sp³-hybridized carbons (Fsp3) is 1.00. The quantitative estimate of drug-likeness (QED) is 0.548. The molecule has 0 amide bonds. The summed E-state index contributed by atoms with van der Waals surface area (Å²) >= 11 is 0. The summed E-state index contributed by atoms with van der Waals surface area (Å²) in [5, 5.41) is 2.55. The lowest BCUT2D eigenvalue weighted by atomic mass is 9.84. The Morgan fingerprint density at radius 2 is 1.82 bits per heavy atom. The van der Waals surface area contributed by atoms with Crippen molar-refractivity contribution in [2.45, 2.75) is 52.5 Å². The minimum atomic E-state index is 0.504. The summed E-state index contributed by atoms with van der Waals surface area (Å²) in [6.45, 7) is 8.43. The molecule has 66 valence electrons. The zero-order valence-electron chi connectivity index (χ0n) is 8.19. The van der Waals surface area contributed by atoms with E-state index in [-0.39, 0.29) is 0 Å². The summed E-state index contributed by atoms with van der Waals surface area (Å²) in [6, 6.07) is 0.866. The third kappa shape index (κ3) is 2.82. The molecule has 11 heavy (non-hydrogen) atoms. The SMILES string of the molecule is CC(C)(C)[C@@H]1CCCCC[NH2+]1. The standard InChI is InChI=1S/C10H21N/c1-10(2,3)9-7-5-4-6-8-11-9/h9,11H,4-8H2,1-3H3/p+1/t9-/m0/s1. The normalized spacial score (nSPS) is 28.1. The molecule has 1 aliphatic rings. The molecule has 0 aliphatic carbocycles. The van der Waals surface area contributed by atoms with E-state index in [4.69, 9.17) is 0 Å². The van der Waals surface area contributed by atoms with Crippen LogP contribution in [0.4, 0.5) is 0 Å². The van der Waals surface area contributed by atoms with E-state index < -0.39 is 0 Å². The first-order valence-electron chi connectivity index (χ1n) is 4.94. The lowest BCUT2D eigenvalue weighted by Crippen LogP contribution is -2.92. The summed E-state index contributed by atoms with van der Waals surface area (Å²) in [5.74, 6) is 0. The Morgan fingerprint density at radius 3 is 2.45 bits per heavy atom. The van der Waals surface area contributed by atoms with Crippen molar-refractivity contribution in [2.24, 2.45) is 5.41 Å². The van der Waals surface area contributed by atoms with Gasteiger partial charge in [0, 0.05) is 5.41 Å². The van der Waals surface area contributed by atoms with E-state index in [9.17, 15) is 0 Å². The Labute approximate surface area is 70.6 Å². The predicted octanol–water partition coefficient (Wildman–Crippen LogP) is 1.54. The van der Waals surface area contributed by atoms with Gasteiger partial charge in [0.2, 0.25) is 0 Å². The molecule has 0 aromatic heterocycles. The summed E-state index contributed by atoms with van der Waals surface area (Å²) in [4.78, 5) is 0. The second-order valence-electron chi connectivity index (χ2n) is 4.85. The molecule has 1 atom stereocenters. The molecule has 1 heteroatoms. The summed E-state index contributed by atoms with van der Waals surface area (Å²) in [7, 11) is 0. The van der Waals surface area contributed by atoms with Gasteiger partial charge in [-0.05, 0) is 25.7 Å². The molecule has 1 fully saturated rings. The van der Waals surface area contributed by atoms with Gasteiger partial charge in [-0.3, -0.25) is 0 Å². The number of hydrogen-bond donors (Lipinski definition) is 1. The van der Waals surface area contributed by atoms with Gasteiger partial charge < -0.3 is 5.32 Å². The maximum absolute atomic E-state index is 2.55. The van der Waals surface area contributed by atoms with Crippen LogP contribution in [0, 0.1) is 5.41 Å². The molecule has 1 rings (SSSR count). The summed E-state index contributed by atoms with van der Waals surface area (Å²) in [5.41, 5.74) is 0.504. The largest absolute Gasteiger partial charge is 0.343 e. The van der Waals surface area contributed by atoms with Crippen molar-refractivity contribution in [1.82, 2.24) is 0 Å². The van der Waals surface area contributed by atoms with Crippen molar-refractivity contribution in [1.29, 1.82) is 0 Å². The zero-order chi connectivity index (χ0) is 8.32. The molecule has 0 spiro atoms. The van der Waals surface area contributed by atoms with E-state index in [1.807, 2.05) is 0 Å². The van der Waals surface area contributed by atoms with Crippen LogP contribution in [0.1, 0.15) is 46.5 Å². The number of rotatable bonds is 0. The fourth-order valence-electron chi connectivity index (χ4n) is 1.91. The van der Waals surface area contributed by atoms with E-state index in [0.29, 0.717) is 5.41 Å². The van der Waals surface area contributed by atoms with Crippen LogP contribution >= 0.6 is 0 Å². The molecular formula is C10H22N+. The van der Waals surface area contributed by atoms with E-state index in [0.717, 1.165) is 6.04 Å². The van der Waals surface area contributed by atoms with Gasteiger partial charge in [-0.15, -0.1) is 0 Å². The van der Waals surface area contributed by atoms with E-state index in [1.165, 1.54) is 32.2 Å². The molecule has 0 aromatic carbocycles. The average Bonchev–Trinajstić information content (AvgIpc) is 2.10. The first-order chi connectivity index (χ1) is 5.11. The van der Waals surface area contributed by atoms with E-state index in [1.54, 1.807) is 0 Å². The molecule has 0 bridgehead atoms. The topological polar surface area (TPSA) is 16.6 Å². The van der Waals surface area contributed by atoms with E-state index >= 15 is 0 Å². The van der Waals surface area contributed by atoms with Gasteiger partial charge in [0.1, 0.15) is 0 Å². The second kappa shape index (κ2) is 3.57. The van der Waals surface area contributed by atoms with E-state index in [2.05, 4.69) is 26.1 Å². The van der Waals surface area contributed by atoms with Crippen molar-refractivity contribution in [3.05, 3.63) is 0 Å². The lowest BCUT2D eigenvalue weighted by Gasteiger charge is -2.26. The van der Waals surface area contributed by atoms with Crippen LogP contribution in [-0.4, -0.2) is 12.6 Å². The van der Waals surface area contributed by atoms with Crippen LogP contribution in [0.25, 0.3) is 0 Å². The first-order valence-corrected chi connectivity index (χ1v) is 4.94. The van der Waals surface area contributed by atoms with Crippen LogP contribution in [0.2, 0.25) is 0 Å². The molecule has 0 radical (unpaired) electrons. The molecule has 1 heterocycles. The van der Waals surface area contributed by atoms with Crippen molar-refractivity contribution >= 4 is 0 Å². The minimum absolute atomic E-state index is 0.504. The Bertz CT molecular complexity index is 105. The first kappa shape index (κ1) is 9.05. The highest BCUT2D eigenvalue weighted by atomic mass is 14.9. The average molecular weight is 156 g/mol. The Morgan fingerprint density at radius 1 is 1.09 bits per heavy atom. The Balaban J connectivity index is 2.43. The highest BCUT2D eigenvalue weighted by Crippen LogP contribution is 2.21. The number of hydrogen-bond acceptors (Lipinski definition) is 0. The maximum atomic E-state index is 2.55. The van der Waals surface area contributed by atoms with Crippen molar-refractivity contribution in [3.8, 4) is 0 Å². The Hall–Kier alpha value is -0.0400. The van der Waals surface area contributed by atoms with Gasteiger partial charge in [-0.1, -0.05) is 20.8 Å².